The number of hydrogen-bond acceptors (Lipinski definition) is 14. The second-order valence-electron chi connectivity index (χ2n) is 17.0. The summed E-state index contributed by atoms with van der Waals surface area (Å²) in [6, 6.07) is 15.9. The van der Waals surface area contributed by atoms with Crippen molar-refractivity contribution in [2.45, 2.75) is 104 Å². The Hall–Kier alpha value is -5.16. The zero-order valence-corrected chi connectivity index (χ0v) is 41.7. The van der Waals surface area contributed by atoms with Crippen LogP contribution in [0.15, 0.2) is 60.7 Å². The molecule has 66 heavy (non-hydrogen) atoms. The smallest absolute Gasteiger partial charge is 0.407 e. The number of alkyl carbamates (subject to hydrolysis) is 2. The lowest BCUT2D eigenvalue weighted by Crippen LogP contribution is -2.58. The van der Waals surface area contributed by atoms with Crippen LogP contribution in [0.1, 0.15) is 65.5 Å². The molecule has 7 amide bonds. The zero-order valence-electron chi connectivity index (χ0n) is 38.6. The Balaban J connectivity index is 0.000000533. The molecule has 22 heteroatoms. The predicted molar refractivity (Wildman–Crippen MR) is 251 cm³/mol. The van der Waals surface area contributed by atoms with Gasteiger partial charge in [-0.15, -0.1) is 5.06 Å². The summed E-state index contributed by atoms with van der Waals surface area (Å²) < 4.78 is 9.22. The van der Waals surface area contributed by atoms with Crippen LogP contribution in [0.4, 0.5) is 9.59 Å². The molecule has 0 aromatic heterocycles. The number of hydrogen-bond donors (Lipinski definition) is 8. The second-order valence-corrected chi connectivity index (χ2v) is 18.1. The highest BCUT2D eigenvalue weighted by Gasteiger charge is 2.37. The van der Waals surface area contributed by atoms with Gasteiger partial charge in [-0.1, -0.05) is 134 Å². The van der Waals surface area contributed by atoms with Gasteiger partial charge in [0.25, 0.3) is 11.8 Å². The molecule has 4 unspecified atom stereocenters. The number of carbonyl (C=O) groups excluding carboxylic acids is 8. The number of alkyl halides is 2. The first-order chi connectivity index (χ1) is 30.9. The highest BCUT2D eigenvalue weighted by atomic mass is 79.9. The molecule has 1 saturated heterocycles. The quantitative estimate of drug-likeness (QED) is 0.0785. The summed E-state index contributed by atoms with van der Waals surface area (Å²) in [5.74, 6) is -2.70. The predicted octanol–water partition coefficient (Wildman–Crippen LogP) is 2.15. The molecule has 0 radical (unpaired) electrons. The van der Waals surface area contributed by atoms with Gasteiger partial charge < -0.3 is 56.8 Å². The van der Waals surface area contributed by atoms with E-state index in [1.807, 2.05) is 102 Å². The molecule has 1 aliphatic heterocycles. The van der Waals surface area contributed by atoms with Gasteiger partial charge in [0, 0.05) is 25.9 Å². The normalized spacial score (nSPS) is 15.0. The lowest BCUT2D eigenvalue weighted by molar-refractivity contribution is -0.195. The van der Waals surface area contributed by atoms with Gasteiger partial charge in [-0.2, -0.15) is 0 Å². The standard InChI is InChI=1S/C20H30BrN3O5.C18H29N3O4.C6H6BrNO4/c1-20(2,3)17(24-19(28)29-4)18(27)23-14(10-13-8-6-5-7-9-13)15(25)12-22-16(26)11-21;1-18(2,3)15(21-17(24)25-4)16(23)20-13(14(22)11-19)10-12-8-6-5-7-9-12;7-3-6(11)12-8-4(9)1-2-5(8)10/h5-9,14-15,17,25H,10-12H2,1-4H3,(H,22,26)(H,23,27)(H,24,28);5-9,13-15,22H,10-11,19H2,1-4H3,(H,20,23)(H,21,24);1-3H2/t14?,15?,17-;13?,14?,15-;/m11./s1. The number of benzene rings is 2. The van der Waals surface area contributed by atoms with E-state index in [1.54, 1.807) is 0 Å². The molecule has 368 valence electrons. The van der Waals surface area contributed by atoms with Crippen LogP contribution in [0.5, 0.6) is 0 Å². The molecular weight excluding hydrogens is 994 g/mol. The Morgan fingerprint density at radius 2 is 1.06 bits per heavy atom. The van der Waals surface area contributed by atoms with E-state index < -0.39 is 89.0 Å². The highest BCUT2D eigenvalue weighted by Crippen LogP contribution is 2.22. The van der Waals surface area contributed by atoms with E-state index in [2.05, 4.69) is 72.8 Å². The molecule has 1 heterocycles. The van der Waals surface area contributed by atoms with Gasteiger partial charge in [-0.05, 0) is 34.8 Å². The van der Waals surface area contributed by atoms with E-state index in [1.165, 1.54) is 14.2 Å². The van der Waals surface area contributed by atoms with Crippen molar-refractivity contribution in [3.63, 3.8) is 0 Å². The van der Waals surface area contributed by atoms with Gasteiger partial charge in [0.05, 0.1) is 43.8 Å². The van der Waals surface area contributed by atoms with Crippen LogP contribution in [-0.4, -0.2) is 137 Å². The number of nitrogens with zero attached hydrogens (tertiary/aromatic N) is 1. The van der Waals surface area contributed by atoms with Crippen molar-refractivity contribution in [1.82, 2.24) is 31.6 Å². The number of aliphatic hydroxyl groups is 2. The van der Waals surface area contributed by atoms with Crippen LogP contribution in [0.2, 0.25) is 0 Å². The molecule has 1 fully saturated rings. The monoisotopic (exact) mass is 1060 g/mol. The van der Waals surface area contributed by atoms with Crippen molar-refractivity contribution < 1.29 is 62.9 Å². The Kier molecular flexibility index (Phi) is 26.3. The number of rotatable bonds is 18. The van der Waals surface area contributed by atoms with Crippen molar-refractivity contribution in [2.75, 3.05) is 38.0 Å². The van der Waals surface area contributed by atoms with Gasteiger partial charge >= 0.3 is 18.2 Å². The van der Waals surface area contributed by atoms with Crippen LogP contribution >= 0.6 is 31.9 Å². The van der Waals surface area contributed by atoms with Crippen molar-refractivity contribution in [3.8, 4) is 0 Å². The largest absolute Gasteiger partial charge is 0.453 e. The molecule has 0 saturated carbocycles. The average molecular weight is 1060 g/mol. The number of carbonyl (C=O) groups is 8. The minimum Gasteiger partial charge on any atom is -0.453 e. The van der Waals surface area contributed by atoms with Crippen molar-refractivity contribution >= 4 is 79.6 Å². The average Bonchev–Trinajstić information content (AvgIpc) is 3.60. The van der Waals surface area contributed by atoms with E-state index in [-0.39, 0.29) is 42.5 Å². The number of methoxy groups -OCH3 is 2. The number of aliphatic hydroxyl groups excluding tert-OH is 2. The van der Waals surface area contributed by atoms with Gasteiger partial charge in [0.15, 0.2) is 0 Å². The summed E-state index contributed by atoms with van der Waals surface area (Å²) in [5, 5.41) is 34.7. The Morgan fingerprint density at radius 1 is 0.667 bits per heavy atom. The number of ether oxygens (including phenoxy) is 2. The lowest BCUT2D eigenvalue weighted by atomic mass is 9.85. The number of imide groups is 1. The van der Waals surface area contributed by atoms with Crippen LogP contribution in [0, 0.1) is 10.8 Å². The van der Waals surface area contributed by atoms with E-state index in [4.69, 9.17) is 5.73 Å². The first kappa shape index (κ1) is 58.9. The number of hydroxylamine groups is 2. The Morgan fingerprint density at radius 3 is 1.39 bits per heavy atom. The maximum absolute atomic E-state index is 13.0. The molecule has 0 aliphatic carbocycles. The molecule has 6 atom stereocenters. The number of amides is 7. The summed E-state index contributed by atoms with van der Waals surface area (Å²) >= 11 is 5.89. The van der Waals surface area contributed by atoms with E-state index in [9.17, 15) is 48.6 Å². The van der Waals surface area contributed by atoms with Crippen LogP contribution < -0.4 is 32.3 Å². The second kappa shape index (κ2) is 29.5. The van der Waals surface area contributed by atoms with E-state index >= 15 is 0 Å². The van der Waals surface area contributed by atoms with Gasteiger partial charge in [0.1, 0.15) is 17.4 Å². The summed E-state index contributed by atoms with van der Waals surface area (Å²) in [6.45, 7) is 10.9. The zero-order chi connectivity index (χ0) is 50.2. The fourth-order valence-corrected chi connectivity index (χ4v) is 6.20. The van der Waals surface area contributed by atoms with Crippen LogP contribution in [0.3, 0.4) is 0 Å². The van der Waals surface area contributed by atoms with Crippen LogP contribution in [-0.2, 0) is 55.9 Å². The topological polar surface area (TPSA) is 294 Å². The van der Waals surface area contributed by atoms with Gasteiger partial charge in [-0.25, -0.2) is 14.4 Å². The van der Waals surface area contributed by atoms with Crippen molar-refractivity contribution in [3.05, 3.63) is 71.8 Å². The Bertz CT molecular complexity index is 1870. The minimum atomic E-state index is -1.03. The third-order valence-electron chi connectivity index (χ3n) is 9.51. The summed E-state index contributed by atoms with van der Waals surface area (Å²) in [7, 11) is 2.46. The van der Waals surface area contributed by atoms with E-state index in [0.29, 0.717) is 17.9 Å². The summed E-state index contributed by atoms with van der Waals surface area (Å²) in [5.41, 5.74) is 6.32. The molecule has 20 nitrogen and oxygen atoms in total. The first-order valence-electron chi connectivity index (χ1n) is 20.8. The fraction of sp³-hybridized carbons (Fsp3) is 0.545. The molecular formula is C44H65Br2N7O13. The van der Waals surface area contributed by atoms with E-state index in [0.717, 1.165) is 11.1 Å². The molecule has 1 aliphatic rings. The van der Waals surface area contributed by atoms with Crippen molar-refractivity contribution in [2.24, 2.45) is 16.6 Å². The van der Waals surface area contributed by atoms with Gasteiger partial charge in [-0.3, -0.25) is 24.0 Å². The molecule has 9 N–H and O–H groups in total. The summed E-state index contributed by atoms with van der Waals surface area (Å²) in [6.07, 6.45) is -2.31. The number of halogens is 2. The maximum Gasteiger partial charge on any atom is 0.407 e. The van der Waals surface area contributed by atoms with Gasteiger partial charge in [0.2, 0.25) is 17.7 Å². The molecule has 2 aromatic carbocycles. The molecule has 3 rings (SSSR count). The third-order valence-corrected chi connectivity index (χ3v) is 10.5. The lowest BCUT2D eigenvalue weighted by Gasteiger charge is -2.32. The number of nitrogens with one attached hydrogen (secondary N) is 5. The van der Waals surface area contributed by atoms with Crippen molar-refractivity contribution in [1.29, 1.82) is 0 Å². The van der Waals surface area contributed by atoms with Crippen LogP contribution in [0.25, 0.3) is 0 Å². The summed E-state index contributed by atoms with van der Waals surface area (Å²) in [4.78, 5) is 97.2. The first-order valence-corrected chi connectivity index (χ1v) is 23.0. The molecule has 0 bridgehead atoms. The highest BCUT2D eigenvalue weighted by molar-refractivity contribution is 9.09. The fourth-order valence-electron chi connectivity index (χ4n) is 5.90. The minimum absolute atomic E-state index is 0.0163. The molecule has 2 aromatic rings. The Labute approximate surface area is 402 Å². The maximum atomic E-state index is 13.0. The third kappa shape index (κ3) is 21.9. The molecule has 0 spiro atoms. The number of nitrogens with two attached hydrogens (primary N) is 1. The SMILES string of the molecule is COC(=O)N[C@H](C(=O)NC(Cc1ccccc1)C(O)CN)C(C)(C)C.COC(=O)N[C@H](C(=O)NC(Cc1ccccc1)C(O)CNC(=O)CBr)C(C)(C)C.O=C(CBr)ON1C(=O)CCC1=O.